The average Bonchev–Trinajstić information content (AvgIpc) is 2.47. The first-order valence-corrected chi connectivity index (χ1v) is 7.81. The molecule has 1 aromatic carbocycles. The van der Waals surface area contributed by atoms with E-state index in [4.69, 9.17) is 17.3 Å². The number of halogens is 1. The van der Waals surface area contributed by atoms with Crippen LogP contribution in [0.2, 0.25) is 5.02 Å². The highest BCUT2D eigenvalue weighted by Crippen LogP contribution is 2.29. The van der Waals surface area contributed by atoms with Crippen LogP contribution in [0.5, 0.6) is 0 Å². The standard InChI is InChI=1S/C16H26ClN3/c1-13(2)16(3,12-18)20-10-8-19(9-11-20)15-7-5-4-6-14(15)17/h4-7,13H,8-12,18H2,1-3H3. The molecule has 1 aliphatic heterocycles. The largest absolute Gasteiger partial charge is 0.368 e. The summed E-state index contributed by atoms with van der Waals surface area (Å²) in [6.07, 6.45) is 0. The minimum atomic E-state index is 0.0899. The van der Waals surface area contributed by atoms with Crippen LogP contribution < -0.4 is 10.6 Å². The Hall–Kier alpha value is -0.770. The van der Waals surface area contributed by atoms with Gasteiger partial charge in [-0.05, 0) is 25.0 Å². The van der Waals surface area contributed by atoms with Crippen LogP contribution in [0.15, 0.2) is 24.3 Å². The van der Waals surface area contributed by atoms with Crippen molar-refractivity contribution < 1.29 is 0 Å². The SMILES string of the molecule is CC(C)C(C)(CN)N1CCN(c2ccccc2Cl)CC1. The van der Waals surface area contributed by atoms with E-state index in [1.54, 1.807) is 0 Å². The van der Waals surface area contributed by atoms with Gasteiger partial charge in [0.2, 0.25) is 0 Å². The Bertz CT molecular complexity index is 441. The lowest BCUT2D eigenvalue weighted by Crippen LogP contribution is -2.61. The molecule has 4 heteroatoms. The van der Waals surface area contributed by atoms with Crippen molar-refractivity contribution in [2.75, 3.05) is 37.6 Å². The Labute approximate surface area is 127 Å². The van der Waals surface area contributed by atoms with Gasteiger partial charge in [-0.25, -0.2) is 0 Å². The minimum absolute atomic E-state index is 0.0899. The summed E-state index contributed by atoms with van der Waals surface area (Å²) in [5, 5.41) is 0.839. The predicted octanol–water partition coefficient (Wildman–Crippen LogP) is 2.84. The number of hydrogen-bond acceptors (Lipinski definition) is 3. The quantitative estimate of drug-likeness (QED) is 0.927. The Balaban J connectivity index is 2.04. The van der Waals surface area contributed by atoms with Gasteiger partial charge in [0.25, 0.3) is 0 Å². The summed E-state index contributed by atoms with van der Waals surface area (Å²) >= 11 is 6.29. The Morgan fingerprint density at radius 2 is 1.80 bits per heavy atom. The third-order valence-corrected chi connectivity index (χ3v) is 5.17. The molecule has 1 atom stereocenters. The highest BCUT2D eigenvalue weighted by atomic mass is 35.5. The Morgan fingerprint density at radius 3 is 2.30 bits per heavy atom. The first-order chi connectivity index (χ1) is 9.49. The van der Waals surface area contributed by atoms with Crippen molar-refractivity contribution in [3.05, 3.63) is 29.3 Å². The van der Waals surface area contributed by atoms with Gasteiger partial charge in [-0.3, -0.25) is 4.90 Å². The molecule has 112 valence electrons. The van der Waals surface area contributed by atoms with Gasteiger partial charge in [0.05, 0.1) is 10.7 Å². The molecule has 0 aromatic heterocycles. The molecule has 1 fully saturated rings. The van der Waals surface area contributed by atoms with Crippen LogP contribution in [-0.2, 0) is 0 Å². The second-order valence-corrected chi connectivity index (χ2v) is 6.55. The van der Waals surface area contributed by atoms with E-state index in [9.17, 15) is 0 Å². The summed E-state index contributed by atoms with van der Waals surface area (Å²) in [5.41, 5.74) is 7.27. The fraction of sp³-hybridized carbons (Fsp3) is 0.625. The number of para-hydroxylation sites is 1. The number of nitrogens with two attached hydrogens (primary N) is 1. The van der Waals surface area contributed by atoms with Crippen molar-refractivity contribution in [1.82, 2.24) is 4.90 Å². The maximum atomic E-state index is 6.29. The lowest BCUT2D eigenvalue weighted by Gasteiger charge is -2.48. The lowest BCUT2D eigenvalue weighted by atomic mass is 9.86. The van der Waals surface area contributed by atoms with E-state index in [-0.39, 0.29) is 5.54 Å². The zero-order valence-corrected chi connectivity index (χ0v) is 13.5. The molecule has 0 saturated carbocycles. The zero-order chi connectivity index (χ0) is 14.8. The van der Waals surface area contributed by atoms with Gasteiger partial charge in [-0.1, -0.05) is 37.6 Å². The molecule has 0 radical (unpaired) electrons. The molecule has 0 aliphatic carbocycles. The van der Waals surface area contributed by atoms with Gasteiger partial charge in [0.15, 0.2) is 0 Å². The summed E-state index contributed by atoms with van der Waals surface area (Å²) in [5.74, 6) is 0.555. The van der Waals surface area contributed by atoms with E-state index in [0.29, 0.717) is 12.5 Å². The molecular formula is C16H26ClN3. The third kappa shape index (κ3) is 2.95. The normalized spacial score (nSPS) is 20.2. The van der Waals surface area contributed by atoms with E-state index in [2.05, 4.69) is 36.6 Å². The van der Waals surface area contributed by atoms with Crippen LogP contribution in [0.3, 0.4) is 0 Å². The molecule has 1 aliphatic rings. The van der Waals surface area contributed by atoms with Crippen LogP contribution in [0.1, 0.15) is 20.8 Å². The second kappa shape index (κ2) is 6.33. The van der Waals surface area contributed by atoms with Crippen LogP contribution in [0.25, 0.3) is 0 Å². The van der Waals surface area contributed by atoms with E-state index < -0.39 is 0 Å². The molecule has 1 aromatic rings. The number of nitrogens with zero attached hydrogens (tertiary/aromatic N) is 2. The molecule has 0 spiro atoms. The number of hydrogen-bond donors (Lipinski definition) is 1. The smallest absolute Gasteiger partial charge is 0.0639 e. The van der Waals surface area contributed by atoms with Gasteiger partial charge < -0.3 is 10.6 Å². The van der Waals surface area contributed by atoms with E-state index in [1.807, 2.05) is 18.2 Å². The molecule has 2 N–H and O–H groups in total. The van der Waals surface area contributed by atoms with E-state index >= 15 is 0 Å². The number of piperazine rings is 1. The summed E-state index contributed by atoms with van der Waals surface area (Å²) in [6, 6.07) is 8.09. The lowest BCUT2D eigenvalue weighted by molar-refractivity contribution is 0.0616. The summed E-state index contributed by atoms with van der Waals surface area (Å²) < 4.78 is 0. The second-order valence-electron chi connectivity index (χ2n) is 6.14. The monoisotopic (exact) mass is 295 g/mol. The van der Waals surface area contributed by atoms with Crippen LogP contribution in [0.4, 0.5) is 5.69 Å². The molecule has 0 amide bonds. The predicted molar refractivity (Wildman–Crippen MR) is 87.5 cm³/mol. The van der Waals surface area contributed by atoms with Gasteiger partial charge >= 0.3 is 0 Å². The zero-order valence-electron chi connectivity index (χ0n) is 12.8. The Morgan fingerprint density at radius 1 is 1.20 bits per heavy atom. The van der Waals surface area contributed by atoms with Crippen molar-refractivity contribution in [2.24, 2.45) is 11.7 Å². The maximum Gasteiger partial charge on any atom is 0.0639 e. The summed E-state index contributed by atoms with van der Waals surface area (Å²) in [6.45, 7) is 11.6. The third-order valence-electron chi connectivity index (χ3n) is 4.85. The number of anilines is 1. The molecule has 2 rings (SSSR count). The molecular weight excluding hydrogens is 270 g/mol. The molecule has 1 unspecified atom stereocenters. The Kier molecular flexibility index (Phi) is 4.95. The van der Waals surface area contributed by atoms with Gasteiger partial charge in [-0.15, -0.1) is 0 Å². The molecule has 0 bridgehead atoms. The highest BCUT2D eigenvalue weighted by molar-refractivity contribution is 6.33. The van der Waals surface area contributed by atoms with Crippen molar-refractivity contribution >= 4 is 17.3 Å². The van der Waals surface area contributed by atoms with Crippen molar-refractivity contribution in [1.29, 1.82) is 0 Å². The molecule has 1 saturated heterocycles. The van der Waals surface area contributed by atoms with Crippen molar-refractivity contribution in [2.45, 2.75) is 26.3 Å². The van der Waals surface area contributed by atoms with E-state index in [1.165, 1.54) is 0 Å². The van der Waals surface area contributed by atoms with Crippen molar-refractivity contribution in [3.8, 4) is 0 Å². The number of benzene rings is 1. The molecule has 3 nitrogen and oxygen atoms in total. The first-order valence-electron chi connectivity index (χ1n) is 7.43. The van der Waals surface area contributed by atoms with Crippen LogP contribution in [0, 0.1) is 5.92 Å². The topological polar surface area (TPSA) is 32.5 Å². The van der Waals surface area contributed by atoms with Crippen LogP contribution in [-0.4, -0.2) is 43.2 Å². The van der Waals surface area contributed by atoms with Gasteiger partial charge in [0.1, 0.15) is 0 Å². The molecule has 20 heavy (non-hydrogen) atoms. The number of rotatable bonds is 4. The average molecular weight is 296 g/mol. The fourth-order valence-corrected chi connectivity index (χ4v) is 3.15. The van der Waals surface area contributed by atoms with Crippen molar-refractivity contribution in [3.63, 3.8) is 0 Å². The summed E-state index contributed by atoms with van der Waals surface area (Å²) in [7, 11) is 0. The maximum absolute atomic E-state index is 6.29. The van der Waals surface area contributed by atoms with Crippen LogP contribution >= 0.6 is 11.6 Å². The van der Waals surface area contributed by atoms with E-state index in [0.717, 1.165) is 36.9 Å². The van der Waals surface area contributed by atoms with Gasteiger partial charge in [-0.2, -0.15) is 0 Å². The first kappa shape index (κ1) is 15.6. The van der Waals surface area contributed by atoms with Gasteiger partial charge in [0, 0.05) is 38.3 Å². The summed E-state index contributed by atoms with van der Waals surface area (Å²) in [4.78, 5) is 4.90. The highest BCUT2D eigenvalue weighted by Gasteiger charge is 2.35. The fourth-order valence-electron chi connectivity index (χ4n) is 2.90. The minimum Gasteiger partial charge on any atom is -0.368 e. The molecule has 1 heterocycles.